The van der Waals surface area contributed by atoms with E-state index in [0.717, 1.165) is 11.1 Å². The van der Waals surface area contributed by atoms with E-state index in [1.54, 1.807) is 37.4 Å². The van der Waals surface area contributed by atoms with Gasteiger partial charge in [-0.1, -0.05) is 24.3 Å². The predicted octanol–water partition coefficient (Wildman–Crippen LogP) is 0.755. The van der Waals surface area contributed by atoms with E-state index in [1.807, 2.05) is 18.2 Å². The van der Waals surface area contributed by atoms with Crippen LogP contribution in [0.15, 0.2) is 53.3 Å². The van der Waals surface area contributed by atoms with Crippen molar-refractivity contribution in [2.24, 2.45) is 12.8 Å². The highest BCUT2D eigenvalue weighted by Crippen LogP contribution is 2.11. The van der Waals surface area contributed by atoms with Crippen LogP contribution in [0.1, 0.15) is 15.9 Å². The Balaban J connectivity index is 1.74. The minimum absolute atomic E-state index is 0.0737. The molecule has 0 bridgehead atoms. The highest BCUT2D eigenvalue weighted by atomic mass is 16.2. The summed E-state index contributed by atoms with van der Waals surface area (Å²) in [6.45, 7) is 0.176. The number of amides is 2. The average Bonchev–Trinajstić information content (AvgIpc) is 2.85. The first kappa shape index (κ1) is 16.5. The zero-order valence-electron chi connectivity index (χ0n) is 13.7. The highest BCUT2D eigenvalue weighted by molar-refractivity contribution is 5.92. The molecular formula is C18H18N4O3. The van der Waals surface area contributed by atoms with Crippen LogP contribution in [0.2, 0.25) is 0 Å². The second kappa shape index (κ2) is 6.64. The summed E-state index contributed by atoms with van der Waals surface area (Å²) in [5.74, 6) is -0.807. The van der Waals surface area contributed by atoms with Crippen LogP contribution in [0.5, 0.6) is 0 Å². The lowest BCUT2D eigenvalue weighted by molar-refractivity contribution is -0.121. The van der Waals surface area contributed by atoms with Gasteiger partial charge in [0.25, 0.3) is 0 Å². The van der Waals surface area contributed by atoms with Crippen molar-refractivity contribution in [3.63, 3.8) is 0 Å². The number of nitrogens with one attached hydrogen (secondary N) is 1. The Morgan fingerprint density at radius 1 is 1.08 bits per heavy atom. The van der Waals surface area contributed by atoms with Crippen LogP contribution in [0.3, 0.4) is 0 Å². The molecule has 25 heavy (non-hydrogen) atoms. The van der Waals surface area contributed by atoms with Crippen molar-refractivity contribution >= 4 is 22.8 Å². The van der Waals surface area contributed by atoms with Crippen molar-refractivity contribution in [2.75, 3.05) is 0 Å². The van der Waals surface area contributed by atoms with Crippen molar-refractivity contribution in [2.45, 2.75) is 13.1 Å². The Kier molecular flexibility index (Phi) is 4.38. The van der Waals surface area contributed by atoms with Crippen LogP contribution >= 0.6 is 0 Å². The number of hydrogen-bond donors (Lipinski definition) is 2. The molecule has 0 radical (unpaired) electrons. The van der Waals surface area contributed by atoms with Gasteiger partial charge in [-0.3, -0.25) is 18.7 Å². The highest BCUT2D eigenvalue weighted by Gasteiger charge is 2.13. The number of benzene rings is 2. The van der Waals surface area contributed by atoms with E-state index in [4.69, 9.17) is 5.73 Å². The second-order valence-electron chi connectivity index (χ2n) is 5.76. The van der Waals surface area contributed by atoms with Gasteiger partial charge in [-0.15, -0.1) is 0 Å². The third kappa shape index (κ3) is 3.30. The van der Waals surface area contributed by atoms with Crippen LogP contribution in [0.25, 0.3) is 11.0 Å². The number of para-hydroxylation sites is 2. The summed E-state index contributed by atoms with van der Waals surface area (Å²) in [6.07, 6.45) is 0. The number of carbonyl (C=O) groups is 2. The molecule has 0 unspecified atom stereocenters. The summed E-state index contributed by atoms with van der Waals surface area (Å²) in [6, 6.07) is 14.0. The number of nitrogens with two attached hydrogens (primary N) is 1. The molecule has 1 heterocycles. The number of nitrogens with zero attached hydrogens (tertiary/aromatic N) is 2. The molecule has 3 aromatic rings. The number of imidazole rings is 1. The number of aryl methyl sites for hydroxylation is 1. The zero-order chi connectivity index (χ0) is 18.0. The number of hydrogen-bond acceptors (Lipinski definition) is 3. The van der Waals surface area contributed by atoms with E-state index >= 15 is 0 Å². The molecule has 0 saturated heterocycles. The van der Waals surface area contributed by atoms with Crippen LogP contribution in [0, 0.1) is 0 Å². The Morgan fingerprint density at radius 3 is 2.52 bits per heavy atom. The molecule has 7 heteroatoms. The molecule has 0 saturated carbocycles. The zero-order valence-corrected chi connectivity index (χ0v) is 13.7. The normalized spacial score (nSPS) is 10.8. The van der Waals surface area contributed by atoms with Crippen molar-refractivity contribution in [3.8, 4) is 0 Å². The number of fused-ring (bicyclic) bond motifs is 1. The van der Waals surface area contributed by atoms with Gasteiger partial charge in [0, 0.05) is 19.2 Å². The van der Waals surface area contributed by atoms with E-state index in [-0.39, 0.29) is 24.7 Å². The van der Waals surface area contributed by atoms with Crippen molar-refractivity contribution in [1.29, 1.82) is 0 Å². The fourth-order valence-corrected chi connectivity index (χ4v) is 2.75. The molecule has 3 N–H and O–H groups in total. The molecule has 7 nitrogen and oxygen atoms in total. The summed E-state index contributed by atoms with van der Waals surface area (Å²) in [5, 5.41) is 2.75. The predicted molar refractivity (Wildman–Crippen MR) is 94.0 cm³/mol. The maximum Gasteiger partial charge on any atom is 0.329 e. The summed E-state index contributed by atoms with van der Waals surface area (Å²) < 4.78 is 2.95. The van der Waals surface area contributed by atoms with Gasteiger partial charge in [0.2, 0.25) is 11.8 Å². The second-order valence-corrected chi connectivity index (χ2v) is 5.76. The Hall–Kier alpha value is -3.35. The fraction of sp³-hybridized carbons (Fsp3) is 0.167. The molecule has 3 rings (SSSR count). The Morgan fingerprint density at radius 2 is 1.80 bits per heavy atom. The van der Waals surface area contributed by atoms with Crippen LogP contribution in [0.4, 0.5) is 0 Å². The van der Waals surface area contributed by atoms with Crippen LogP contribution in [-0.2, 0) is 24.9 Å². The third-order valence-corrected chi connectivity index (χ3v) is 4.05. The smallest absolute Gasteiger partial charge is 0.329 e. The lowest BCUT2D eigenvalue weighted by Crippen LogP contribution is -2.32. The van der Waals surface area contributed by atoms with E-state index in [0.29, 0.717) is 11.1 Å². The van der Waals surface area contributed by atoms with Gasteiger partial charge >= 0.3 is 5.69 Å². The average molecular weight is 338 g/mol. The number of aromatic nitrogens is 2. The first-order chi connectivity index (χ1) is 12.0. The van der Waals surface area contributed by atoms with Crippen LogP contribution < -0.4 is 16.7 Å². The third-order valence-electron chi connectivity index (χ3n) is 4.05. The lowest BCUT2D eigenvalue weighted by atomic mass is 10.1. The maximum absolute atomic E-state index is 12.3. The number of rotatable bonds is 5. The summed E-state index contributed by atoms with van der Waals surface area (Å²) >= 11 is 0. The maximum atomic E-state index is 12.3. The topological polar surface area (TPSA) is 99.1 Å². The quantitative estimate of drug-likeness (QED) is 0.718. The number of primary amides is 1. The molecule has 2 aromatic carbocycles. The van der Waals surface area contributed by atoms with E-state index in [1.165, 1.54) is 9.13 Å². The molecule has 0 spiro atoms. The van der Waals surface area contributed by atoms with Crippen molar-refractivity contribution in [1.82, 2.24) is 14.5 Å². The van der Waals surface area contributed by atoms with Crippen molar-refractivity contribution in [3.05, 3.63) is 70.1 Å². The standard InChI is InChI=1S/C18H18N4O3/c1-21-14-7-2-3-8-15(14)22(18(21)25)11-16(23)20-10-12-5-4-6-13(9-12)17(19)24/h2-9H,10-11H2,1H3,(H2,19,24)(H,20,23). The summed E-state index contributed by atoms with van der Waals surface area (Å²) in [7, 11) is 1.67. The van der Waals surface area contributed by atoms with Gasteiger partial charge in [0.15, 0.2) is 0 Å². The largest absolute Gasteiger partial charge is 0.366 e. The first-order valence-corrected chi connectivity index (χ1v) is 7.77. The lowest BCUT2D eigenvalue weighted by Gasteiger charge is -2.07. The summed E-state index contributed by atoms with van der Waals surface area (Å²) in [4.78, 5) is 35.7. The van der Waals surface area contributed by atoms with Gasteiger partial charge in [-0.2, -0.15) is 0 Å². The first-order valence-electron chi connectivity index (χ1n) is 7.77. The molecule has 2 amide bonds. The molecule has 128 valence electrons. The van der Waals surface area contributed by atoms with Gasteiger partial charge < -0.3 is 11.1 Å². The van der Waals surface area contributed by atoms with E-state index < -0.39 is 5.91 Å². The molecule has 0 aliphatic heterocycles. The molecular weight excluding hydrogens is 320 g/mol. The van der Waals surface area contributed by atoms with Crippen LogP contribution in [-0.4, -0.2) is 20.9 Å². The fourth-order valence-electron chi connectivity index (χ4n) is 2.75. The Labute approximate surface area is 143 Å². The molecule has 0 fully saturated rings. The molecule has 0 aliphatic rings. The van der Waals surface area contributed by atoms with E-state index in [2.05, 4.69) is 5.32 Å². The van der Waals surface area contributed by atoms with Gasteiger partial charge in [-0.05, 0) is 29.8 Å². The van der Waals surface area contributed by atoms with Gasteiger partial charge in [0.1, 0.15) is 6.54 Å². The summed E-state index contributed by atoms with van der Waals surface area (Å²) in [5.41, 5.74) is 7.63. The number of carbonyl (C=O) groups excluding carboxylic acids is 2. The molecule has 0 aliphatic carbocycles. The van der Waals surface area contributed by atoms with Gasteiger partial charge in [0.05, 0.1) is 11.0 Å². The Bertz CT molecular complexity index is 1020. The van der Waals surface area contributed by atoms with E-state index in [9.17, 15) is 14.4 Å². The SMILES string of the molecule is Cn1c(=O)n(CC(=O)NCc2cccc(C(N)=O)c2)c2ccccc21. The monoisotopic (exact) mass is 338 g/mol. The van der Waals surface area contributed by atoms with Gasteiger partial charge in [-0.25, -0.2) is 4.79 Å². The minimum Gasteiger partial charge on any atom is -0.366 e. The molecule has 0 atom stereocenters. The van der Waals surface area contributed by atoms with Crippen molar-refractivity contribution < 1.29 is 9.59 Å². The molecule has 1 aromatic heterocycles. The minimum atomic E-state index is -0.518.